The van der Waals surface area contributed by atoms with Gasteiger partial charge in [0.15, 0.2) is 0 Å². The van der Waals surface area contributed by atoms with E-state index >= 15 is 0 Å². The van der Waals surface area contributed by atoms with Crippen molar-refractivity contribution in [1.29, 1.82) is 0 Å². The summed E-state index contributed by atoms with van der Waals surface area (Å²) >= 11 is 0. The van der Waals surface area contributed by atoms with Crippen molar-refractivity contribution in [2.75, 3.05) is 0 Å². The lowest BCUT2D eigenvalue weighted by molar-refractivity contribution is -0.136. The molecule has 0 spiro atoms. The van der Waals surface area contributed by atoms with E-state index in [1.54, 1.807) is 18.2 Å². The van der Waals surface area contributed by atoms with Gasteiger partial charge in [-0.2, -0.15) is 0 Å². The number of hydrogen-bond acceptors (Lipinski definition) is 6. The van der Waals surface area contributed by atoms with Gasteiger partial charge in [-0.25, -0.2) is 0 Å². The molecule has 148 valence electrons. The number of aliphatic hydroxyl groups is 2. The molecule has 0 saturated heterocycles. The Bertz CT molecular complexity index is 782. The monoisotopic (exact) mass is 384 g/mol. The lowest BCUT2D eigenvalue weighted by atomic mass is 10.1. The van der Waals surface area contributed by atoms with Crippen LogP contribution in [0, 0.1) is 0 Å². The fraction of sp³-hybridized carbons (Fsp3) is 0.273. The first-order valence-corrected chi connectivity index (χ1v) is 8.97. The van der Waals surface area contributed by atoms with Gasteiger partial charge in [0.1, 0.15) is 11.5 Å². The predicted molar refractivity (Wildman–Crippen MR) is 106 cm³/mol. The molecule has 2 aromatic carbocycles. The summed E-state index contributed by atoms with van der Waals surface area (Å²) in [4.78, 5) is 23.7. The van der Waals surface area contributed by atoms with Crippen molar-refractivity contribution in [3.63, 3.8) is 0 Å². The maximum Gasteiger partial charge on any atom is 0.313 e. The van der Waals surface area contributed by atoms with Crippen LogP contribution < -0.4 is 9.47 Å². The first-order chi connectivity index (χ1) is 13.3. The van der Waals surface area contributed by atoms with Crippen LogP contribution in [0.2, 0.25) is 0 Å². The lowest BCUT2D eigenvalue weighted by Crippen LogP contribution is -2.16. The van der Waals surface area contributed by atoms with Crippen molar-refractivity contribution >= 4 is 24.1 Å². The van der Waals surface area contributed by atoms with E-state index in [0.29, 0.717) is 5.56 Å². The number of ether oxygens (including phenoxy) is 2. The third-order valence-electron chi connectivity index (χ3n) is 3.56. The first-order valence-electron chi connectivity index (χ1n) is 8.97. The summed E-state index contributed by atoms with van der Waals surface area (Å²) < 4.78 is 10.5. The normalized spacial score (nSPS) is 13.1. The van der Waals surface area contributed by atoms with Crippen LogP contribution in [0.15, 0.2) is 48.5 Å². The highest BCUT2D eigenvalue weighted by Crippen LogP contribution is 2.25. The number of rotatable bonds is 8. The molecule has 2 atom stereocenters. The van der Waals surface area contributed by atoms with E-state index in [2.05, 4.69) is 0 Å². The van der Waals surface area contributed by atoms with Crippen molar-refractivity contribution in [2.24, 2.45) is 0 Å². The summed E-state index contributed by atoms with van der Waals surface area (Å²) in [7, 11) is 0. The van der Waals surface area contributed by atoms with E-state index in [4.69, 9.17) is 9.47 Å². The smallest absolute Gasteiger partial charge is 0.313 e. The Morgan fingerprint density at radius 1 is 0.821 bits per heavy atom. The minimum Gasteiger partial charge on any atom is -0.426 e. The number of benzene rings is 2. The van der Waals surface area contributed by atoms with E-state index in [1.807, 2.05) is 36.4 Å². The molecule has 0 radical (unpaired) electrons. The molecule has 0 heterocycles. The van der Waals surface area contributed by atoms with E-state index in [9.17, 15) is 19.8 Å². The molecular formula is C22H24O6. The SMILES string of the molecule is C[C@@H](O)CC(=O)Oc1cc(/C=C/c2ccccc2)cc(OC(=O)C[C@@H](C)O)c1. The maximum absolute atomic E-state index is 11.9. The Morgan fingerprint density at radius 2 is 1.29 bits per heavy atom. The lowest BCUT2D eigenvalue weighted by Gasteiger charge is -2.10. The molecule has 0 aliphatic carbocycles. The first kappa shape index (κ1) is 21.3. The maximum atomic E-state index is 11.9. The van der Waals surface area contributed by atoms with Crippen LogP contribution in [0.25, 0.3) is 12.2 Å². The largest absolute Gasteiger partial charge is 0.426 e. The van der Waals surface area contributed by atoms with E-state index in [1.165, 1.54) is 19.9 Å². The third-order valence-corrected chi connectivity index (χ3v) is 3.56. The highest BCUT2D eigenvalue weighted by molar-refractivity contribution is 5.77. The quantitative estimate of drug-likeness (QED) is 0.412. The van der Waals surface area contributed by atoms with Gasteiger partial charge >= 0.3 is 11.9 Å². The average molecular weight is 384 g/mol. The summed E-state index contributed by atoms with van der Waals surface area (Å²) in [6, 6.07) is 14.3. The van der Waals surface area contributed by atoms with E-state index in [0.717, 1.165) is 5.56 Å². The van der Waals surface area contributed by atoms with Crippen LogP contribution in [0.3, 0.4) is 0 Å². The zero-order valence-electron chi connectivity index (χ0n) is 15.9. The predicted octanol–water partition coefficient (Wildman–Crippen LogP) is 3.21. The summed E-state index contributed by atoms with van der Waals surface area (Å²) in [5.74, 6) is -0.803. The highest BCUT2D eigenvalue weighted by atomic mass is 16.5. The minimum atomic E-state index is -0.822. The standard InChI is InChI=1S/C22H24O6/c1-15(23)10-21(25)27-19-12-18(9-8-17-6-4-3-5-7-17)13-20(14-19)28-22(26)11-16(2)24/h3-9,12-16,23-24H,10-11H2,1-2H3/b9-8+/t15-,16-/m1/s1. The minimum absolute atomic E-state index is 0.152. The fourth-order valence-corrected chi connectivity index (χ4v) is 2.39. The van der Waals surface area contributed by atoms with Gasteiger partial charge in [0.05, 0.1) is 25.0 Å². The molecule has 0 aromatic heterocycles. The second kappa shape index (κ2) is 10.4. The Morgan fingerprint density at radius 3 is 1.75 bits per heavy atom. The van der Waals surface area contributed by atoms with Crippen LogP contribution >= 0.6 is 0 Å². The highest BCUT2D eigenvalue weighted by Gasteiger charge is 2.13. The molecular weight excluding hydrogens is 360 g/mol. The fourth-order valence-electron chi connectivity index (χ4n) is 2.39. The van der Waals surface area contributed by atoms with Crippen LogP contribution in [0.1, 0.15) is 37.8 Å². The molecule has 2 rings (SSSR count). The third kappa shape index (κ3) is 7.73. The van der Waals surface area contributed by atoms with Gasteiger partial charge in [0.2, 0.25) is 0 Å². The van der Waals surface area contributed by atoms with E-state index < -0.39 is 24.1 Å². The summed E-state index contributed by atoms with van der Waals surface area (Å²) in [6.07, 6.45) is 1.72. The van der Waals surface area contributed by atoms with Gasteiger partial charge in [-0.05, 0) is 37.1 Å². The van der Waals surface area contributed by atoms with Gasteiger partial charge in [0.25, 0.3) is 0 Å². The topological polar surface area (TPSA) is 93.1 Å². The van der Waals surface area contributed by atoms with Gasteiger partial charge in [-0.15, -0.1) is 0 Å². The molecule has 6 heteroatoms. The van der Waals surface area contributed by atoms with Gasteiger partial charge in [0, 0.05) is 6.07 Å². The number of carbonyl (C=O) groups excluding carboxylic acids is 2. The van der Waals surface area contributed by atoms with Crippen molar-refractivity contribution in [3.05, 3.63) is 59.7 Å². The van der Waals surface area contributed by atoms with Gasteiger partial charge in [-0.3, -0.25) is 9.59 Å². The molecule has 2 aromatic rings. The molecule has 2 N–H and O–H groups in total. The average Bonchev–Trinajstić information content (AvgIpc) is 2.59. The van der Waals surface area contributed by atoms with Crippen LogP contribution in [0.4, 0.5) is 0 Å². The molecule has 28 heavy (non-hydrogen) atoms. The number of esters is 2. The zero-order valence-corrected chi connectivity index (χ0v) is 15.9. The second-order valence-electron chi connectivity index (χ2n) is 6.54. The Kier molecular flexibility index (Phi) is 7.92. The Balaban J connectivity index is 2.25. The number of carbonyl (C=O) groups is 2. The second-order valence-corrected chi connectivity index (χ2v) is 6.54. The summed E-state index contributed by atoms with van der Waals surface area (Å²) in [6.45, 7) is 2.98. The van der Waals surface area contributed by atoms with Crippen molar-refractivity contribution in [1.82, 2.24) is 0 Å². The van der Waals surface area contributed by atoms with Crippen LogP contribution in [-0.4, -0.2) is 34.4 Å². The van der Waals surface area contributed by atoms with E-state index in [-0.39, 0.29) is 24.3 Å². The molecule has 0 fully saturated rings. The van der Waals surface area contributed by atoms with Gasteiger partial charge in [-0.1, -0.05) is 42.5 Å². The van der Waals surface area contributed by atoms with Crippen LogP contribution in [-0.2, 0) is 9.59 Å². The number of hydrogen-bond donors (Lipinski definition) is 2. The van der Waals surface area contributed by atoms with Crippen LogP contribution in [0.5, 0.6) is 11.5 Å². The molecule has 0 amide bonds. The van der Waals surface area contributed by atoms with Crippen molar-refractivity contribution in [3.8, 4) is 11.5 Å². The molecule has 0 aliphatic rings. The zero-order chi connectivity index (χ0) is 20.5. The van der Waals surface area contributed by atoms with Crippen molar-refractivity contribution in [2.45, 2.75) is 38.9 Å². The molecule has 0 bridgehead atoms. The Labute approximate surface area is 164 Å². The molecule has 6 nitrogen and oxygen atoms in total. The molecule has 0 saturated carbocycles. The molecule has 0 unspecified atom stereocenters. The summed E-state index contributed by atoms with van der Waals surface area (Å²) in [5, 5.41) is 18.6. The molecule has 0 aliphatic heterocycles. The van der Waals surface area contributed by atoms with Gasteiger partial charge < -0.3 is 19.7 Å². The Hall–Kier alpha value is -2.96. The van der Waals surface area contributed by atoms with Crippen molar-refractivity contribution < 1.29 is 29.3 Å². The summed E-state index contributed by atoms with van der Waals surface area (Å²) in [5.41, 5.74) is 1.64. The number of aliphatic hydroxyl groups excluding tert-OH is 2.